The highest BCUT2D eigenvalue weighted by Crippen LogP contribution is 2.25. The number of carboxylic acid groups (broad SMARTS) is 1. The molecule has 0 unspecified atom stereocenters. The minimum absolute atomic E-state index is 0.172. The molecule has 0 saturated heterocycles. The molecule has 0 aliphatic heterocycles. The molecule has 4 nitrogen and oxygen atoms in total. The van der Waals surface area contributed by atoms with Crippen LogP contribution < -0.4 is 0 Å². The number of nitrogens with zero attached hydrogens (tertiary/aromatic N) is 1. The molecule has 1 amide bonds. The first-order valence-electron chi connectivity index (χ1n) is 8.49. The van der Waals surface area contributed by atoms with Gasteiger partial charge in [-0.1, -0.05) is 53.5 Å². The van der Waals surface area contributed by atoms with Crippen LogP contribution in [-0.2, 0) is 17.8 Å². The Kier molecular flexibility index (Phi) is 6.73. The number of amides is 1. The summed E-state index contributed by atoms with van der Waals surface area (Å²) in [5, 5.41) is 14.3. The zero-order valence-electron chi connectivity index (χ0n) is 14.7. The average Bonchev–Trinajstić information content (AvgIpc) is 3.18. The van der Waals surface area contributed by atoms with Crippen LogP contribution in [0.2, 0.25) is 10.0 Å². The van der Waals surface area contributed by atoms with Gasteiger partial charge in [0.25, 0.3) is 5.91 Å². The fourth-order valence-electron chi connectivity index (χ4n) is 2.89. The minimum atomic E-state index is -1.07. The number of benzene rings is 2. The molecule has 7 heteroatoms. The normalized spacial score (nSPS) is 11.8. The van der Waals surface area contributed by atoms with Crippen molar-refractivity contribution in [3.63, 3.8) is 0 Å². The molecule has 0 spiro atoms. The Morgan fingerprint density at radius 1 is 1.04 bits per heavy atom. The van der Waals surface area contributed by atoms with Crippen LogP contribution in [0.15, 0.2) is 65.4 Å². The summed E-state index contributed by atoms with van der Waals surface area (Å²) in [6.07, 6.45) is 0.192. The SMILES string of the molecule is O=C(O)[C@@H](Cc1ccccc1)N(Cc1ccsc1)C(=O)c1ccc(Cl)cc1Cl. The van der Waals surface area contributed by atoms with E-state index in [4.69, 9.17) is 23.2 Å². The maximum absolute atomic E-state index is 13.3. The van der Waals surface area contributed by atoms with E-state index >= 15 is 0 Å². The monoisotopic (exact) mass is 433 g/mol. The Hall–Kier alpha value is -2.34. The molecule has 1 aromatic heterocycles. The summed E-state index contributed by atoms with van der Waals surface area (Å²) >= 11 is 13.6. The van der Waals surface area contributed by atoms with E-state index in [1.807, 2.05) is 47.2 Å². The lowest BCUT2D eigenvalue weighted by Gasteiger charge is -2.29. The third-order valence-corrected chi connectivity index (χ3v) is 5.57. The van der Waals surface area contributed by atoms with Crippen LogP contribution in [0, 0.1) is 0 Å². The summed E-state index contributed by atoms with van der Waals surface area (Å²) in [5.74, 6) is -1.52. The molecule has 28 heavy (non-hydrogen) atoms. The summed E-state index contributed by atoms with van der Waals surface area (Å²) in [5.41, 5.74) is 1.92. The van der Waals surface area contributed by atoms with Crippen molar-refractivity contribution in [3.05, 3.63) is 92.1 Å². The van der Waals surface area contributed by atoms with Gasteiger partial charge in [-0.05, 0) is 46.2 Å². The molecule has 0 aliphatic carbocycles. The third kappa shape index (κ3) is 4.93. The second kappa shape index (κ2) is 9.24. The van der Waals surface area contributed by atoms with Crippen LogP contribution in [0.5, 0.6) is 0 Å². The van der Waals surface area contributed by atoms with Gasteiger partial charge in [0.2, 0.25) is 0 Å². The smallest absolute Gasteiger partial charge is 0.326 e. The minimum Gasteiger partial charge on any atom is -0.480 e. The van der Waals surface area contributed by atoms with E-state index in [0.717, 1.165) is 11.1 Å². The summed E-state index contributed by atoms with van der Waals surface area (Å²) < 4.78 is 0. The van der Waals surface area contributed by atoms with E-state index in [0.29, 0.717) is 5.02 Å². The van der Waals surface area contributed by atoms with E-state index in [9.17, 15) is 14.7 Å². The highest BCUT2D eigenvalue weighted by molar-refractivity contribution is 7.07. The van der Waals surface area contributed by atoms with E-state index in [-0.39, 0.29) is 23.6 Å². The molecule has 1 heterocycles. The highest BCUT2D eigenvalue weighted by atomic mass is 35.5. The number of thiophene rings is 1. The number of aliphatic carboxylic acids is 1. The summed E-state index contributed by atoms with van der Waals surface area (Å²) in [6.45, 7) is 0.172. The topological polar surface area (TPSA) is 57.6 Å². The molecule has 1 atom stereocenters. The zero-order valence-corrected chi connectivity index (χ0v) is 17.0. The molecule has 1 N–H and O–H groups in total. The number of carbonyl (C=O) groups excluding carboxylic acids is 1. The van der Waals surface area contributed by atoms with Gasteiger partial charge in [0.1, 0.15) is 6.04 Å². The van der Waals surface area contributed by atoms with Crippen LogP contribution in [0.25, 0.3) is 0 Å². The molecular weight excluding hydrogens is 417 g/mol. The standard InChI is InChI=1S/C21H17Cl2NO3S/c22-16-6-7-17(18(23)11-16)20(25)24(12-15-8-9-28-13-15)19(21(26)27)10-14-4-2-1-3-5-14/h1-9,11,13,19H,10,12H2,(H,26,27)/t19-/m1/s1. The first-order chi connectivity index (χ1) is 13.5. The van der Waals surface area contributed by atoms with Gasteiger partial charge >= 0.3 is 5.97 Å². The van der Waals surface area contributed by atoms with Crippen LogP contribution in [0.4, 0.5) is 0 Å². The van der Waals surface area contributed by atoms with Crippen molar-refractivity contribution in [1.29, 1.82) is 0 Å². The van der Waals surface area contributed by atoms with Crippen molar-refractivity contribution in [2.75, 3.05) is 0 Å². The molecule has 0 saturated carbocycles. The van der Waals surface area contributed by atoms with E-state index < -0.39 is 17.9 Å². The molecule has 0 bridgehead atoms. The summed E-state index contributed by atoms with van der Waals surface area (Å²) in [4.78, 5) is 26.7. The molecule has 144 valence electrons. The number of halogens is 2. The Labute approximate surface area is 176 Å². The van der Waals surface area contributed by atoms with Crippen molar-refractivity contribution in [2.24, 2.45) is 0 Å². The average molecular weight is 434 g/mol. The maximum atomic E-state index is 13.3. The number of hydrogen-bond donors (Lipinski definition) is 1. The Bertz CT molecular complexity index is 961. The Balaban J connectivity index is 1.98. The van der Waals surface area contributed by atoms with Gasteiger partial charge in [0.15, 0.2) is 0 Å². The quantitative estimate of drug-likeness (QED) is 0.542. The summed E-state index contributed by atoms with van der Waals surface area (Å²) in [7, 11) is 0. The van der Waals surface area contributed by atoms with E-state index in [1.165, 1.54) is 28.4 Å². The molecule has 3 aromatic rings. The summed E-state index contributed by atoms with van der Waals surface area (Å²) in [6, 6.07) is 14.6. The van der Waals surface area contributed by atoms with Gasteiger partial charge in [-0.25, -0.2) is 4.79 Å². The highest BCUT2D eigenvalue weighted by Gasteiger charge is 2.31. The Morgan fingerprint density at radius 2 is 1.79 bits per heavy atom. The van der Waals surface area contributed by atoms with Crippen LogP contribution in [0.1, 0.15) is 21.5 Å². The third-order valence-electron chi connectivity index (χ3n) is 4.29. The molecule has 0 radical (unpaired) electrons. The van der Waals surface area contributed by atoms with Crippen molar-refractivity contribution >= 4 is 46.4 Å². The van der Waals surface area contributed by atoms with Gasteiger partial charge in [-0.3, -0.25) is 4.79 Å². The second-order valence-electron chi connectivity index (χ2n) is 6.23. The van der Waals surface area contributed by atoms with Crippen molar-refractivity contribution < 1.29 is 14.7 Å². The lowest BCUT2D eigenvalue weighted by molar-refractivity contribution is -0.142. The van der Waals surface area contributed by atoms with Gasteiger partial charge < -0.3 is 10.0 Å². The maximum Gasteiger partial charge on any atom is 0.326 e. The van der Waals surface area contributed by atoms with E-state index in [1.54, 1.807) is 6.07 Å². The molecule has 2 aromatic carbocycles. The number of carbonyl (C=O) groups is 2. The molecule has 0 aliphatic rings. The predicted octanol–water partition coefficient (Wildman–Crippen LogP) is 5.39. The number of hydrogen-bond acceptors (Lipinski definition) is 3. The lowest BCUT2D eigenvalue weighted by atomic mass is 10.0. The number of carboxylic acids is 1. The predicted molar refractivity (Wildman–Crippen MR) is 112 cm³/mol. The van der Waals surface area contributed by atoms with Crippen LogP contribution in [0.3, 0.4) is 0 Å². The number of rotatable bonds is 7. The first-order valence-corrected chi connectivity index (χ1v) is 10.2. The molecular formula is C21H17Cl2NO3S. The van der Waals surface area contributed by atoms with Crippen LogP contribution >= 0.6 is 34.5 Å². The van der Waals surface area contributed by atoms with E-state index in [2.05, 4.69) is 0 Å². The second-order valence-corrected chi connectivity index (χ2v) is 7.86. The van der Waals surface area contributed by atoms with Gasteiger partial charge in [-0.2, -0.15) is 11.3 Å². The lowest BCUT2D eigenvalue weighted by Crippen LogP contribution is -2.46. The van der Waals surface area contributed by atoms with Gasteiger partial charge in [0.05, 0.1) is 10.6 Å². The fourth-order valence-corrected chi connectivity index (χ4v) is 4.04. The largest absolute Gasteiger partial charge is 0.480 e. The fraction of sp³-hybridized carbons (Fsp3) is 0.143. The zero-order chi connectivity index (χ0) is 20.1. The molecule has 3 rings (SSSR count). The van der Waals surface area contributed by atoms with Gasteiger partial charge in [0, 0.05) is 18.0 Å². The van der Waals surface area contributed by atoms with Crippen molar-refractivity contribution in [3.8, 4) is 0 Å². The van der Waals surface area contributed by atoms with Crippen LogP contribution in [-0.4, -0.2) is 27.9 Å². The first kappa shape index (κ1) is 20.4. The van der Waals surface area contributed by atoms with Gasteiger partial charge in [-0.15, -0.1) is 0 Å². The van der Waals surface area contributed by atoms with Crippen molar-refractivity contribution in [2.45, 2.75) is 19.0 Å². The molecule has 0 fully saturated rings. The Morgan fingerprint density at radius 3 is 2.39 bits per heavy atom. The van der Waals surface area contributed by atoms with Crippen molar-refractivity contribution in [1.82, 2.24) is 4.90 Å².